The maximum absolute atomic E-state index is 13.4. The highest BCUT2D eigenvalue weighted by Gasteiger charge is 2.41. The molecule has 0 amide bonds. The number of carbonyl (C=O) groups excluding carboxylic acids is 6. The molecule has 0 radical (unpaired) electrons. The van der Waals surface area contributed by atoms with Crippen LogP contribution < -0.4 is 63.8 Å². The van der Waals surface area contributed by atoms with Crippen LogP contribution in [0.25, 0.3) is 0 Å². The first-order valence-electron chi connectivity index (χ1n) is 31.3. The van der Waals surface area contributed by atoms with Crippen molar-refractivity contribution in [3.05, 3.63) is 140 Å². The van der Waals surface area contributed by atoms with Crippen LogP contribution in [0.1, 0.15) is 95.5 Å². The minimum absolute atomic E-state index is 0. The van der Waals surface area contributed by atoms with Crippen LogP contribution in [0.3, 0.4) is 0 Å². The van der Waals surface area contributed by atoms with E-state index in [4.69, 9.17) is 30.6 Å². The molecule has 548 valence electrons. The Hall–Kier alpha value is -8.38. The Morgan fingerprint density at radius 3 is 0.440 bits per heavy atom. The molecule has 0 fully saturated rings. The molecule has 3 aliphatic carbocycles. The van der Waals surface area contributed by atoms with Gasteiger partial charge >= 0.3 is 0 Å². The molecular formula is C66H88Cl4N12O18. The Morgan fingerprint density at radius 1 is 0.190 bits per heavy atom. The van der Waals surface area contributed by atoms with Crippen molar-refractivity contribution >= 4 is 118 Å². The molecule has 30 nitrogen and oxygen atoms in total. The molecule has 0 heterocycles. The maximum atomic E-state index is 13.4. The molecule has 0 bridgehead atoms. The number of aliphatic hydroxyl groups is 6. The van der Waals surface area contributed by atoms with Crippen LogP contribution in [0.2, 0.25) is 0 Å². The van der Waals surface area contributed by atoms with Crippen molar-refractivity contribution in [2.75, 3.05) is 189 Å². The number of aromatic hydroxyl groups is 6. The predicted octanol–water partition coefficient (Wildman–Crippen LogP) is 1.27. The van der Waals surface area contributed by atoms with Crippen LogP contribution in [0.5, 0.6) is 34.5 Å². The SMILES string of the molecule is Cl.Cl.Cl.Cl.O=C1c2c(O)ccc(O)c2C(=O)c2c(NCCNCCO)ccc(NCCNCCO)c21.O=C1c2c(O)ccc(O)c2C(=O)c2c(NCCNCCO)ccc(NCCNCCO)c21.O=C1c2c(O)ccc(O)c2C(=O)c2c(NCCNCCO)ccc(NCCNCCO)c21. The van der Waals surface area contributed by atoms with Crippen LogP contribution >= 0.6 is 49.6 Å². The van der Waals surface area contributed by atoms with E-state index in [0.29, 0.717) is 152 Å². The number of hydrogen-bond acceptors (Lipinski definition) is 30. The molecule has 0 aromatic heterocycles. The molecule has 34 heteroatoms. The lowest BCUT2D eigenvalue weighted by atomic mass is 9.81. The number of fused-ring (bicyclic) bond motifs is 6. The zero-order valence-corrected chi connectivity index (χ0v) is 57.6. The number of carbonyl (C=O) groups is 6. The molecule has 0 spiro atoms. The van der Waals surface area contributed by atoms with Gasteiger partial charge in [-0.05, 0) is 72.8 Å². The van der Waals surface area contributed by atoms with E-state index in [1.807, 2.05) is 0 Å². The van der Waals surface area contributed by atoms with Gasteiger partial charge in [0, 0.05) is 152 Å². The van der Waals surface area contributed by atoms with Crippen molar-refractivity contribution in [3.63, 3.8) is 0 Å². The number of anilines is 6. The summed E-state index contributed by atoms with van der Waals surface area (Å²) in [5, 5.41) is 152. The number of halogens is 4. The number of hydrogen-bond donors (Lipinski definition) is 24. The summed E-state index contributed by atoms with van der Waals surface area (Å²) in [7, 11) is 0. The lowest BCUT2D eigenvalue weighted by Crippen LogP contribution is -2.28. The van der Waals surface area contributed by atoms with Gasteiger partial charge in [0.15, 0.2) is 0 Å². The Kier molecular flexibility index (Phi) is 37.2. The summed E-state index contributed by atoms with van der Waals surface area (Å²) >= 11 is 0. The van der Waals surface area contributed by atoms with Gasteiger partial charge in [0.05, 0.1) is 106 Å². The van der Waals surface area contributed by atoms with E-state index in [0.717, 1.165) is 0 Å². The first-order chi connectivity index (χ1) is 46.5. The zero-order valence-electron chi connectivity index (χ0n) is 54.3. The molecule has 9 rings (SSSR count). The maximum Gasteiger partial charge on any atom is 0.200 e. The second kappa shape index (κ2) is 43.3. The van der Waals surface area contributed by atoms with E-state index in [9.17, 15) is 59.4 Å². The summed E-state index contributed by atoms with van der Waals surface area (Å²) in [4.78, 5) is 80.2. The molecule has 0 atom stereocenters. The van der Waals surface area contributed by atoms with Crippen molar-refractivity contribution in [2.45, 2.75) is 0 Å². The van der Waals surface area contributed by atoms with Gasteiger partial charge in [0.1, 0.15) is 34.5 Å². The number of rotatable bonds is 36. The van der Waals surface area contributed by atoms with Crippen molar-refractivity contribution < 1.29 is 90.0 Å². The number of benzene rings is 6. The molecule has 0 aliphatic heterocycles. The van der Waals surface area contributed by atoms with Crippen LogP contribution in [0, 0.1) is 0 Å². The molecule has 0 unspecified atom stereocenters. The summed E-state index contributed by atoms with van der Waals surface area (Å²) in [6.45, 7) is 8.43. The molecule has 0 saturated carbocycles. The minimum Gasteiger partial charge on any atom is -0.507 e. The fourth-order valence-corrected chi connectivity index (χ4v) is 10.9. The third kappa shape index (κ3) is 20.9. The van der Waals surface area contributed by atoms with Gasteiger partial charge in [-0.15, -0.1) is 49.6 Å². The highest BCUT2D eigenvalue weighted by molar-refractivity contribution is 6.35. The van der Waals surface area contributed by atoms with Crippen molar-refractivity contribution in [2.24, 2.45) is 0 Å². The van der Waals surface area contributed by atoms with Gasteiger partial charge in [0.2, 0.25) is 34.7 Å². The summed E-state index contributed by atoms with van der Waals surface area (Å²) < 4.78 is 0. The Balaban J connectivity index is 0.000000382. The predicted molar refractivity (Wildman–Crippen MR) is 389 cm³/mol. The highest BCUT2D eigenvalue weighted by Crippen LogP contribution is 2.46. The summed E-state index contributed by atoms with van der Waals surface area (Å²) in [6, 6.07) is 17.2. The topological polar surface area (TPSA) is 490 Å². The number of ketones is 6. The van der Waals surface area contributed by atoms with Crippen LogP contribution in [-0.2, 0) is 0 Å². The first-order valence-corrected chi connectivity index (χ1v) is 31.3. The molecule has 6 aromatic carbocycles. The number of nitrogens with one attached hydrogen (secondary N) is 12. The van der Waals surface area contributed by atoms with Crippen LogP contribution in [0.4, 0.5) is 34.1 Å². The van der Waals surface area contributed by atoms with E-state index >= 15 is 0 Å². The third-order valence-corrected chi connectivity index (χ3v) is 15.3. The second-order valence-corrected chi connectivity index (χ2v) is 21.7. The first kappa shape index (κ1) is 85.8. The molecule has 0 saturated heterocycles. The molecule has 100 heavy (non-hydrogen) atoms. The van der Waals surface area contributed by atoms with Gasteiger partial charge in [0.25, 0.3) is 0 Å². The highest BCUT2D eigenvalue weighted by atomic mass is 35.5. The van der Waals surface area contributed by atoms with E-state index in [1.165, 1.54) is 36.4 Å². The summed E-state index contributed by atoms with van der Waals surface area (Å²) in [6.07, 6.45) is 0. The van der Waals surface area contributed by atoms with Crippen molar-refractivity contribution in [1.29, 1.82) is 0 Å². The lowest BCUT2D eigenvalue weighted by Gasteiger charge is -2.25. The van der Waals surface area contributed by atoms with Gasteiger partial charge in [-0.3, -0.25) is 28.8 Å². The van der Waals surface area contributed by atoms with E-state index in [1.54, 1.807) is 36.4 Å². The Morgan fingerprint density at radius 2 is 0.320 bits per heavy atom. The van der Waals surface area contributed by atoms with Crippen LogP contribution in [-0.4, -0.2) is 253 Å². The second-order valence-electron chi connectivity index (χ2n) is 21.7. The fourth-order valence-electron chi connectivity index (χ4n) is 10.9. The Bertz CT molecular complexity index is 3150. The zero-order chi connectivity index (χ0) is 69.3. The van der Waals surface area contributed by atoms with E-state index in [2.05, 4.69) is 63.8 Å². The molecule has 3 aliphatic rings. The van der Waals surface area contributed by atoms with Gasteiger partial charge in [-0.25, -0.2) is 0 Å². The Labute approximate surface area is 600 Å². The number of phenolic OH excluding ortho intramolecular Hbond substituents is 6. The number of aliphatic hydroxyl groups excluding tert-OH is 6. The normalized spacial score (nSPS) is 11.9. The number of phenols is 6. The fraction of sp³-hybridized carbons (Fsp3) is 0.364. The molecule has 6 aromatic rings. The van der Waals surface area contributed by atoms with Crippen LogP contribution in [0.15, 0.2) is 72.8 Å². The minimum atomic E-state index is -0.559. The van der Waals surface area contributed by atoms with Gasteiger partial charge in [-0.2, -0.15) is 0 Å². The lowest BCUT2D eigenvalue weighted by molar-refractivity contribution is 0.0975. The quantitative estimate of drug-likeness (QED) is 0.0194. The third-order valence-electron chi connectivity index (χ3n) is 15.3. The average molecular weight is 1480 g/mol. The van der Waals surface area contributed by atoms with E-state index in [-0.39, 0.29) is 191 Å². The summed E-state index contributed by atoms with van der Waals surface area (Å²) in [5.74, 6) is -5.58. The largest absolute Gasteiger partial charge is 0.507 e. The molecule has 24 N–H and O–H groups in total. The monoisotopic (exact) mass is 1480 g/mol. The van der Waals surface area contributed by atoms with Crippen molar-refractivity contribution in [1.82, 2.24) is 31.9 Å². The summed E-state index contributed by atoms with van der Waals surface area (Å²) in [5.41, 5.74) is 2.03. The van der Waals surface area contributed by atoms with Gasteiger partial charge in [-0.1, -0.05) is 0 Å². The van der Waals surface area contributed by atoms with E-state index < -0.39 is 34.7 Å². The van der Waals surface area contributed by atoms with Crippen molar-refractivity contribution in [3.8, 4) is 34.5 Å². The molecular weight excluding hydrogens is 1390 g/mol. The smallest absolute Gasteiger partial charge is 0.200 e. The standard InChI is InChI=1S/3C22H28N4O6.4ClH/c3*27-11-9-23-5-7-25-13-1-2-14(26-8-6-24-10-12-28)18-17(13)21(31)19-15(29)3-4-16(30)20(19)22(18)32;;;;/h3*1-4,23-30H,5-12H2;4*1H. The van der Waals surface area contributed by atoms with Gasteiger partial charge < -0.3 is 125 Å². The average Bonchev–Trinajstić information content (AvgIpc) is 0.750.